The third kappa shape index (κ3) is 1.65. The van der Waals surface area contributed by atoms with Gasteiger partial charge in [-0.25, -0.2) is 4.98 Å². The van der Waals surface area contributed by atoms with Crippen LogP contribution in [0.3, 0.4) is 0 Å². The molecule has 0 fully saturated rings. The van der Waals surface area contributed by atoms with E-state index in [0.29, 0.717) is 12.4 Å². The first-order valence-electron chi connectivity index (χ1n) is 6.60. The topological polar surface area (TPSA) is 30.7 Å². The van der Waals surface area contributed by atoms with Crippen molar-refractivity contribution in [1.29, 1.82) is 0 Å². The minimum absolute atomic E-state index is 0.280. The van der Waals surface area contributed by atoms with Crippen molar-refractivity contribution in [3.63, 3.8) is 0 Å². The van der Waals surface area contributed by atoms with Gasteiger partial charge in [0.2, 0.25) is 5.95 Å². The molecule has 1 aromatic carbocycles. The summed E-state index contributed by atoms with van der Waals surface area (Å²) in [7, 11) is 0. The lowest BCUT2D eigenvalue weighted by Crippen LogP contribution is -2.14. The van der Waals surface area contributed by atoms with Gasteiger partial charge < -0.3 is 4.57 Å². The quantitative estimate of drug-likeness (QED) is 0.676. The van der Waals surface area contributed by atoms with E-state index >= 15 is 0 Å². The zero-order chi connectivity index (χ0) is 13.5. The van der Waals surface area contributed by atoms with Crippen LogP contribution in [-0.2, 0) is 13.0 Å². The van der Waals surface area contributed by atoms with E-state index in [1.807, 2.05) is 42.5 Å². The van der Waals surface area contributed by atoms with Gasteiger partial charge in [0, 0.05) is 24.1 Å². The maximum absolute atomic E-state index is 13.5. The van der Waals surface area contributed by atoms with E-state index in [9.17, 15) is 4.39 Å². The molecule has 4 rings (SSSR count). The molecule has 0 saturated carbocycles. The minimum Gasteiger partial charge on any atom is -0.301 e. The molecule has 3 heterocycles. The highest BCUT2D eigenvalue weighted by Gasteiger charge is 2.21. The summed E-state index contributed by atoms with van der Waals surface area (Å²) < 4.78 is 15.2. The molecule has 0 unspecified atom stereocenters. The fourth-order valence-electron chi connectivity index (χ4n) is 2.67. The van der Waals surface area contributed by atoms with Gasteiger partial charge >= 0.3 is 0 Å². The van der Waals surface area contributed by atoms with Crippen LogP contribution in [0.2, 0.25) is 0 Å². The van der Waals surface area contributed by atoms with Gasteiger partial charge in [-0.1, -0.05) is 30.3 Å². The first-order chi connectivity index (χ1) is 9.83. The van der Waals surface area contributed by atoms with Crippen molar-refractivity contribution in [3.05, 3.63) is 60.3 Å². The minimum atomic E-state index is -0.280. The summed E-state index contributed by atoms with van der Waals surface area (Å²) in [6, 6.07) is 14.0. The van der Waals surface area contributed by atoms with Crippen LogP contribution in [0.15, 0.2) is 48.7 Å². The van der Waals surface area contributed by atoms with E-state index in [2.05, 4.69) is 4.98 Å². The summed E-state index contributed by atoms with van der Waals surface area (Å²) in [6.07, 6.45) is 2.01. The van der Waals surface area contributed by atoms with Gasteiger partial charge in [-0.3, -0.25) is 4.98 Å². The Morgan fingerprint density at radius 2 is 1.90 bits per heavy atom. The van der Waals surface area contributed by atoms with Gasteiger partial charge in [0.25, 0.3) is 0 Å². The molecule has 0 N–H and O–H groups in total. The van der Waals surface area contributed by atoms with Crippen LogP contribution in [0.1, 0.15) is 5.69 Å². The molecule has 20 heavy (non-hydrogen) atoms. The first kappa shape index (κ1) is 11.3. The van der Waals surface area contributed by atoms with Crippen LogP contribution in [0.5, 0.6) is 0 Å². The molecule has 0 amide bonds. The van der Waals surface area contributed by atoms with Gasteiger partial charge in [-0.15, -0.1) is 0 Å². The van der Waals surface area contributed by atoms with Gasteiger partial charge in [-0.2, -0.15) is 4.39 Å². The molecule has 0 aliphatic carbocycles. The molecule has 1 aliphatic heterocycles. The molecule has 1 aliphatic rings. The van der Waals surface area contributed by atoms with Crippen molar-refractivity contribution < 1.29 is 4.39 Å². The summed E-state index contributed by atoms with van der Waals surface area (Å²) in [4.78, 5) is 8.86. The third-order valence-corrected chi connectivity index (χ3v) is 3.66. The maximum atomic E-state index is 13.5. The molecule has 0 spiro atoms. The Morgan fingerprint density at radius 1 is 1.05 bits per heavy atom. The molecule has 4 heteroatoms. The molecular weight excluding hydrogens is 253 g/mol. The molecule has 0 atom stereocenters. The van der Waals surface area contributed by atoms with Gasteiger partial charge in [0.05, 0.1) is 17.6 Å². The second-order valence-corrected chi connectivity index (χ2v) is 4.86. The van der Waals surface area contributed by atoms with Crippen LogP contribution < -0.4 is 0 Å². The fourth-order valence-corrected chi connectivity index (χ4v) is 2.67. The summed E-state index contributed by atoms with van der Waals surface area (Å²) >= 11 is 0. The van der Waals surface area contributed by atoms with Crippen LogP contribution in [0.4, 0.5) is 4.39 Å². The molecule has 0 radical (unpaired) electrons. The van der Waals surface area contributed by atoms with Crippen LogP contribution in [0.25, 0.3) is 22.6 Å². The van der Waals surface area contributed by atoms with E-state index in [1.54, 1.807) is 4.57 Å². The molecule has 98 valence electrons. The average molecular weight is 265 g/mol. The Bertz CT molecular complexity index is 778. The average Bonchev–Trinajstić information content (AvgIpc) is 2.89. The monoisotopic (exact) mass is 265 g/mol. The number of hydrogen-bond acceptors (Lipinski definition) is 2. The van der Waals surface area contributed by atoms with Gasteiger partial charge in [-0.05, 0) is 12.1 Å². The van der Waals surface area contributed by atoms with Crippen LogP contribution in [0, 0.1) is 5.95 Å². The predicted octanol–water partition coefficient (Wildman–Crippen LogP) is 3.31. The Morgan fingerprint density at radius 3 is 2.75 bits per heavy atom. The summed E-state index contributed by atoms with van der Waals surface area (Å²) in [5.41, 5.74) is 3.96. The highest BCUT2D eigenvalue weighted by Crippen LogP contribution is 2.30. The highest BCUT2D eigenvalue weighted by molar-refractivity contribution is 5.66. The van der Waals surface area contributed by atoms with Crippen molar-refractivity contribution in [2.75, 3.05) is 0 Å². The number of halogens is 1. The number of benzene rings is 1. The lowest BCUT2D eigenvalue weighted by Gasteiger charge is -2.18. The molecule has 3 aromatic rings. The normalized spacial score (nSPS) is 12.8. The molecule has 2 aromatic heterocycles. The van der Waals surface area contributed by atoms with E-state index < -0.39 is 0 Å². The van der Waals surface area contributed by atoms with E-state index in [0.717, 1.165) is 28.9 Å². The van der Waals surface area contributed by atoms with Crippen molar-refractivity contribution >= 4 is 0 Å². The summed E-state index contributed by atoms with van der Waals surface area (Å²) in [6.45, 7) is 0.597. The molecular formula is C16H12FN3. The fraction of sp³-hybridized carbons (Fsp3) is 0.125. The Balaban J connectivity index is 1.84. The number of aryl methyl sites for hydroxylation is 1. The van der Waals surface area contributed by atoms with Crippen molar-refractivity contribution in [2.45, 2.75) is 13.0 Å². The van der Waals surface area contributed by atoms with Gasteiger partial charge in [0.15, 0.2) is 0 Å². The van der Waals surface area contributed by atoms with Crippen LogP contribution >= 0.6 is 0 Å². The number of rotatable bonds is 1. The molecule has 3 nitrogen and oxygen atoms in total. The predicted molar refractivity (Wildman–Crippen MR) is 74.6 cm³/mol. The highest BCUT2D eigenvalue weighted by atomic mass is 19.1. The largest absolute Gasteiger partial charge is 0.301 e. The standard InChI is InChI=1S/C16H12FN3/c17-15-10-18-16-12-6-7-13(11-4-2-1-3-5-11)19-14(12)8-9-20(15)16/h1-7,10H,8-9H2. The zero-order valence-corrected chi connectivity index (χ0v) is 10.8. The number of hydrogen-bond donors (Lipinski definition) is 0. The van der Waals surface area contributed by atoms with Crippen molar-refractivity contribution in [1.82, 2.24) is 14.5 Å². The Kier molecular flexibility index (Phi) is 2.42. The van der Waals surface area contributed by atoms with Gasteiger partial charge in [0.1, 0.15) is 5.82 Å². The summed E-state index contributed by atoms with van der Waals surface area (Å²) in [5, 5.41) is 0. The smallest absolute Gasteiger partial charge is 0.213 e. The lowest BCUT2D eigenvalue weighted by molar-refractivity contribution is 0.491. The lowest BCUT2D eigenvalue weighted by atomic mass is 10.0. The zero-order valence-electron chi connectivity index (χ0n) is 10.8. The maximum Gasteiger partial charge on any atom is 0.213 e. The number of fused-ring (bicyclic) bond motifs is 3. The second kappa shape index (κ2) is 4.27. The molecule has 0 bridgehead atoms. The second-order valence-electron chi connectivity index (χ2n) is 4.86. The third-order valence-electron chi connectivity index (χ3n) is 3.66. The number of pyridine rings is 1. The van der Waals surface area contributed by atoms with E-state index in [1.165, 1.54) is 6.20 Å². The first-order valence-corrected chi connectivity index (χ1v) is 6.60. The van der Waals surface area contributed by atoms with E-state index in [4.69, 9.17) is 4.98 Å². The van der Waals surface area contributed by atoms with Crippen molar-refractivity contribution in [3.8, 4) is 22.6 Å². The van der Waals surface area contributed by atoms with Crippen molar-refractivity contribution in [2.24, 2.45) is 0 Å². The van der Waals surface area contributed by atoms with Crippen LogP contribution in [-0.4, -0.2) is 14.5 Å². The number of aromatic nitrogens is 3. The number of imidazole rings is 1. The van der Waals surface area contributed by atoms with E-state index in [-0.39, 0.29) is 5.95 Å². The summed E-state index contributed by atoms with van der Waals surface area (Å²) in [5.74, 6) is 0.397. The number of nitrogens with zero attached hydrogens (tertiary/aromatic N) is 3. The molecule has 0 saturated heterocycles. The Labute approximate surface area is 115 Å². The Hall–Kier alpha value is -2.49. The SMILES string of the molecule is Fc1cnc2n1CCc1nc(-c3ccccc3)ccc1-2.